The van der Waals surface area contributed by atoms with Gasteiger partial charge in [-0.05, 0) is 49.9 Å². The van der Waals surface area contributed by atoms with Crippen LogP contribution in [0.4, 0.5) is 0 Å². The van der Waals surface area contributed by atoms with E-state index in [2.05, 4.69) is 6.92 Å². The molecule has 1 fully saturated rings. The van der Waals surface area contributed by atoms with Gasteiger partial charge in [-0.15, -0.1) is 0 Å². The van der Waals surface area contributed by atoms with Crippen LogP contribution in [0.2, 0.25) is 0 Å². The Morgan fingerprint density at radius 2 is 2.05 bits per heavy atom. The third-order valence-electron chi connectivity index (χ3n) is 3.77. The molecule has 0 aromatic heterocycles. The molecule has 2 unspecified atom stereocenters. The van der Waals surface area contributed by atoms with Crippen molar-refractivity contribution in [2.24, 2.45) is 5.73 Å². The molecule has 1 aromatic carbocycles. The first-order chi connectivity index (χ1) is 10.0. The molecule has 2 rings (SSSR count). The van der Waals surface area contributed by atoms with Gasteiger partial charge >= 0.3 is 5.97 Å². The first-order valence-corrected chi connectivity index (χ1v) is 7.45. The molecule has 3 N–H and O–H groups in total. The Bertz CT molecular complexity index is 474. The molecule has 1 aliphatic carbocycles. The van der Waals surface area contributed by atoms with Crippen molar-refractivity contribution in [1.29, 1.82) is 0 Å². The van der Waals surface area contributed by atoms with Gasteiger partial charge in [0.1, 0.15) is 23.1 Å². The van der Waals surface area contributed by atoms with Crippen LogP contribution in [0.5, 0.6) is 11.5 Å². The molecule has 1 aromatic rings. The summed E-state index contributed by atoms with van der Waals surface area (Å²) in [6.07, 6.45) is 3.27. The van der Waals surface area contributed by atoms with E-state index in [4.69, 9.17) is 15.2 Å². The van der Waals surface area contributed by atoms with E-state index >= 15 is 0 Å². The lowest BCUT2D eigenvalue weighted by Crippen LogP contribution is -2.53. The summed E-state index contributed by atoms with van der Waals surface area (Å²) in [6, 6.07) is 7.42. The summed E-state index contributed by atoms with van der Waals surface area (Å²) in [6.45, 7) is 2.75. The van der Waals surface area contributed by atoms with Crippen LogP contribution in [0.1, 0.15) is 39.0 Å². The summed E-state index contributed by atoms with van der Waals surface area (Å²) in [5.74, 6) is 0.587. The summed E-state index contributed by atoms with van der Waals surface area (Å²) in [7, 11) is 0. The lowest BCUT2D eigenvalue weighted by Gasteiger charge is -2.34. The third-order valence-corrected chi connectivity index (χ3v) is 3.77. The molecule has 0 heterocycles. The van der Waals surface area contributed by atoms with Crippen LogP contribution in [0.15, 0.2) is 24.3 Å². The van der Waals surface area contributed by atoms with E-state index in [-0.39, 0.29) is 6.10 Å². The second kappa shape index (κ2) is 6.80. The maximum absolute atomic E-state index is 11.2. The van der Waals surface area contributed by atoms with Crippen molar-refractivity contribution in [2.45, 2.75) is 50.7 Å². The monoisotopic (exact) mass is 293 g/mol. The lowest BCUT2D eigenvalue weighted by atomic mass is 9.81. The zero-order valence-electron chi connectivity index (χ0n) is 12.4. The SMILES string of the molecule is CCCOc1ccc(OC2CCCC(N)(C(=O)O)C2)cc1. The summed E-state index contributed by atoms with van der Waals surface area (Å²) in [5, 5.41) is 9.20. The van der Waals surface area contributed by atoms with Crippen LogP contribution >= 0.6 is 0 Å². The Hall–Kier alpha value is -1.75. The number of benzene rings is 1. The average Bonchev–Trinajstić information content (AvgIpc) is 2.46. The quantitative estimate of drug-likeness (QED) is 0.842. The lowest BCUT2D eigenvalue weighted by molar-refractivity contribution is -0.145. The molecule has 0 radical (unpaired) electrons. The molecular weight excluding hydrogens is 270 g/mol. The molecule has 21 heavy (non-hydrogen) atoms. The first kappa shape index (κ1) is 15.6. The smallest absolute Gasteiger partial charge is 0.323 e. The molecular formula is C16H23NO4. The van der Waals surface area contributed by atoms with Crippen LogP contribution in [0, 0.1) is 0 Å². The Kier molecular flexibility index (Phi) is 5.07. The summed E-state index contributed by atoms with van der Waals surface area (Å²) < 4.78 is 11.4. The van der Waals surface area contributed by atoms with E-state index in [0.717, 1.165) is 30.8 Å². The van der Waals surface area contributed by atoms with Crippen molar-refractivity contribution in [3.63, 3.8) is 0 Å². The first-order valence-electron chi connectivity index (χ1n) is 7.45. The van der Waals surface area contributed by atoms with E-state index in [1.165, 1.54) is 0 Å². The van der Waals surface area contributed by atoms with E-state index in [1.54, 1.807) is 0 Å². The van der Waals surface area contributed by atoms with Gasteiger partial charge in [-0.1, -0.05) is 6.92 Å². The minimum atomic E-state index is -1.16. The van der Waals surface area contributed by atoms with Gasteiger partial charge in [-0.25, -0.2) is 0 Å². The molecule has 0 spiro atoms. The summed E-state index contributed by atoms with van der Waals surface area (Å²) >= 11 is 0. The number of carbonyl (C=O) groups is 1. The highest BCUT2D eigenvalue weighted by atomic mass is 16.5. The van der Waals surface area contributed by atoms with Crippen LogP contribution in [0.3, 0.4) is 0 Å². The fraction of sp³-hybridized carbons (Fsp3) is 0.562. The number of aliphatic carboxylic acids is 1. The molecule has 0 aliphatic heterocycles. The predicted octanol–water partition coefficient (Wildman–Crippen LogP) is 2.58. The van der Waals surface area contributed by atoms with Crippen LogP contribution < -0.4 is 15.2 Å². The molecule has 0 amide bonds. The second-order valence-corrected chi connectivity index (χ2v) is 5.62. The highest BCUT2D eigenvalue weighted by Crippen LogP contribution is 2.30. The zero-order valence-corrected chi connectivity index (χ0v) is 12.4. The summed E-state index contributed by atoms with van der Waals surface area (Å²) in [4.78, 5) is 11.2. The number of nitrogens with two attached hydrogens (primary N) is 1. The molecule has 5 nitrogen and oxygen atoms in total. The topological polar surface area (TPSA) is 81.8 Å². The van der Waals surface area contributed by atoms with E-state index in [1.807, 2.05) is 24.3 Å². The maximum atomic E-state index is 11.2. The third kappa shape index (κ3) is 4.11. The number of carboxylic acids is 1. The molecule has 116 valence electrons. The van der Waals surface area contributed by atoms with Gasteiger partial charge in [0.15, 0.2) is 0 Å². The van der Waals surface area contributed by atoms with Crippen molar-refractivity contribution in [3.8, 4) is 11.5 Å². The molecule has 2 atom stereocenters. The Labute approximate surface area is 125 Å². The number of ether oxygens (including phenoxy) is 2. The average molecular weight is 293 g/mol. The fourth-order valence-electron chi connectivity index (χ4n) is 2.58. The van der Waals surface area contributed by atoms with E-state index < -0.39 is 11.5 Å². The maximum Gasteiger partial charge on any atom is 0.323 e. The minimum absolute atomic E-state index is 0.151. The predicted molar refractivity (Wildman–Crippen MR) is 79.7 cm³/mol. The molecule has 0 bridgehead atoms. The minimum Gasteiger partial charge on any atom is -0.494 e. The largest absolute Gasteiger partial charge is 0.494 e. The van der Waals surface area contributed by atoms with Crippen molar-refractivity contribution in [3.05, 3.63) is 24.3 Å². The van der Waals surface area contributed by atoms with Crippen LogP contribution in [-0.4, -0.2) is 29.3 Å². The highest BCUT2D eigenvalue weighted by Gasteiger charge is 2.40. The second-order valence-electron chi connectivity index (χ2n) is 5.62. The number of carboxylic acid groups (broad SMARTS) is 1. The van der Waals surface area contributed by atoms with Gasteiger partial charge in [0, 0.05) is 6.42 Å². The van der Waals surface area contributed by atoms with Crippen molar-refractivity contribution in [1.82, 2.24) is 0 Å². The van der Waals surface area contributed by atoms with Crippen LogP contribution in [0.25, 0.3) is 0 Å². The van der Waals surface area contributed by atoms with Gasteiger partial charge in [0.25, 0.3) is 0 Å². The van der Waals surface area contributed by atoms with Gasteiger partial charge in [-0.3, -0.25) is 4.79 Å². The Balaban J connectivity index is 1.93. The van der Waals surface area contributed by atoms with Gasteiger partial charge in [-0.2, -0.15) is 0 Å². The van der Waals surface area contributed by atoms with Gasteiger partial charge in [0.2, 0.25) is 0 Å². The van der Waals surface area contributed by atoms with E-state index in [9.17, 15) is 9.90 Å². The normalized spacial score (nSPS) is 25.3. The molecule has 0 saturated heterocycles. The van der Waals surface area contributed by atoms with Crippen LogP contribution in [-0.2, 0) is 4.79 Å². The standard InChI is InChI=1S/C16H23NO4/c1-2-10-20-12-5-7-13(8-6-12)21-14-4-3-9-16(17,11-14)15(18)19/h5-8,14H,2-4,9-11,17H2,1H3,(H,18,19). The molecule has 1 aliphatic rings. The highest BCUT2D eigenvalue weighted by molar-refractivity contribution is 5.78. The van der Waals surface area contributed by atoms with Gasteiger partial charge in [0.05, 0.1) is 6.61 Å². The number of rotatable bonds is 6. The van der Waals surface area contributed by atoms with E-state index in [0.29, 0.717) is 19.4 Å². The number of hydrogen-bond donors (Lipinski definition) is 2. The van der Waals surface area contributed by atoms with Crippen molar-refractivity contribution >= 4 is 5.97 Å². The summed E-state index contributed by atoms with van der Waals surface area (Å²) in [5.41, 5.74) is 4.77. The Morgan fingerprint density at radius 3 is 2.67 bits per heavy atom. The molecule has 1 saturated carbocycles. The Morgan fingerprint density at radius 1 is 1.38 bits per heavy atom. The van der Waals surface area contributed by atoms with Crippen molar-refractivity contribution in [2.75, 3.05) is 6.61 Å². The zero-order chi connectivity index (χ0) is 15.3. The van der Waals surface area contributed by atoms with Crippen molar-refractivity contribution < 1.29 is 19.4 Å². The fourth-order valence-corrected chi connectivity index (χ4v) is 2.58. The molecule has 5 heteroatoms. The van der Waals surface area contributed by atoms with Gasteiger partial charge < -0.3 is 20.3 Å². The number of hydrogen-bond acceptors (Lipinski definition) is 4.